The lowest BCUT2D eigenvalue weighted by Crippen LogP contribution is -2.37. The number of nitrogens with one attached hydrogen (secondary N) is 1. The summed E-state index contributed by atoms with van der Waals surface area (Å²) in [4.78, 5) is 14.6. The molecule has 3 heteroatoms. The molecule has 2 rings (SSSR count). The van der Waals surface area contributed by atoms with E-state index in [0.717, 1.165) is 44.6 Å². The molecule has 1 N–H and O–H groups in total. The zero-order valence-corrected chi connectivity index (χ0v) is 11.1. The molecule has 1 heterocycles. The van der Waals surface area contributed by atoms with Gasteiger partial charge in [0, 0.05) is 19.6 Å². The third-order valence-corrected chi connectivity index (χ3v) is 3.56. The Balaban J connectivity index is 2.09. The van der Waals surface area contributed by atoms with Gasteiger partial charge in [0.15, 0.2) is 0 Å². The van der Waals surface area contributed by atoms with E-state index in [0.29, 0.717) is 0 Å². The third kappa shape index (κ3) is 3.10. The first kappa shape index (κ1) is 13.1. The van der Waals surface area contributed by atoms with Crippen LogP contribution in [0, 0.1) is 0 Å². The van der Waals surface area contributed by atoms with Gasteiger partial charge in [-0.2, -0.15) is 0 Å². The van der Waals surface area contributed by atoms with Crippen LogP contribution in [0.25, 0.3) is 0 Å². The van der Waals surface area contributed by atoms with E-state index in [-0.39, 0.29) is 11.8 Å². The van der Waals surface area contributed by atoms with Crippen molar-refractivity contribution in [3.63, 3.8) is 0 Å². The first-order chi connectivity index (χ1) is 8.83. The number of carbonyl (C=O) groups excluding carboxylic acids is 1. The van der Waals surface area contributed by atoms with Crippen LogP contribution in [0.2, 0.25) is 0 Å². The molecule has 0 bridgehead atoms. The summed E-state index contributed by atoms with van der Waals surface area (Å²) < 4.78 is 0. The highest BCUT2D eigenvalue weighted by Crippen LogP contribution is 2.22. The zero-order chi connectivity index (χ0) is 12.8. The SMILES string of the molecule is CC[C@@H](C(=O)N1CCCNCC1)c1ccccc1. The van der Waals surface area contributed by atoms with E-state index < -0.39 is 0 Å². The van der Waals surface area contributed by atoms with Crippen LogP contribution >= 0.6 is 0 Å². The van der Waals surface area contributed by atoms with Crippen molar-refractivity contribution in [3.8, 4) is 0 Å². The van der Waals surface area contributed by atoms with Gasteiger partial charge in [-0.1, -0.05) is 37.3 Å². The smallest absolute Gasteiger partial charge is 0.230 e. The van der Waals surface area contributed by atoms with Gasteiger partial charge in [0.05, 0.1) is 5.92 Å². The Morgan fingerprint density at radius 3 is 2.78 bits per heavy atom. The molecule has 1 aliphatic heterocycles. The Kier molecular flexibility index (Phi) is 4.76. The fraction of sp³-hybridized carbons (Fsp3) is 0.533. The predicted octanol–water partition coefficient (Wildman–Crippen LogP) is 2.00. The van der Waals surface area contributed by atoms with Gasteiger partial charge in [0.1, 0.15) is 0 Å². The minimum absolute atomic E-state index is 0.0179. The number of nitrogens with zero attached hydrogens (tertiary/aromatic N) is 1. The quantitative estimate of drug-likeness (QED) is 0.884. The molecule has 1 aromatic carbocycles. The van der Waals surface area contributed by atoms with Crippen LogP contribution in [-0.2, 0) is 4.79 Å². The summed E-state index contributed by atoms with van der Waals surface area (Å²) in [6, 6.07) is 10.1. The van der Waals surface area contributed by atoms with E-state index in [1.54, 1.807) is 0 Å². The lowest BCUT2D eigenvalue weighted by atomic mass is 9.95. The Morgan fingerprint density at radius 1 is 1.28 bits per heavy atom. The second-order valence-electron chi connectivity index (χ2n) is 4.80. The zero-order valence-electron chi connectivity index (χ0n) is 11.1. The van der Waals surface area contributed by atoms with Gasteiger partial charge in [0.2, 0.25) is 5.91 Å². The van der Waals surface area contributed by atoms with Crippen LogP contribution in [0.4, 0.5) is 0 Å². The Bertz CT molecular complexity index is 369. The van der Waals surface area contributed by atoms with E-state index in [1.165, 1.54) is 0 Å². The van der Waals surface area contributed by atoms with Gasteiger partial charge >= 0.3 is 0 Å². The molecule has 0 spiro atoms. The first-order valence-electron chi connectivity index (χ1n) is 6.87. The average molecular weight is 246 g/mol. The molecule has 0 aliphatic carbocycles. The number of rotatable bonds is 3. The maximum Gasteiger partial charge on any atom is 0.230 e. The Morgan fingerprint density at radius 2 is 2.06 bits per heavy atom. The highest BCUT2D eigenvalue weighted by atomic mass is 16.2. The number of hydrogen-bond donors (Lipinski definition) is 1. The van der Waals surface area contributed by atoms with Gasteiger partial charge in [-0.05, 0) is 24.9 Å². The second-order valence-corrected chi connectivity index (χ2v) is 4.80. The molecule has 1 amide bonds. The first-order valence-corrected chi connectivity index (χ1v) is 6.87. The maximum atomic E-state index is 12.6. The normalized spacial score (nSPS) is 18.2. The summed E-state index contributed by atoms with van der Waals surface area (Å²) in [5.41, 5.74) is 1.14. The van der Waals surface area contributed by atoms with Gasteiger partial charge in [0.25, 0.3) is 0 Å². The van der Waals surface area contributed by atoms with Crippen molar-refractivity contribution in [2.24, 2.45) is 0 Å². The van der Waals surface area contributed by atoms with E-state index in [1.807, 2.05) is 23.1 Å². The maximum absolute atomic E-state index is 12.6. The molecule has 1 fully saturated rings. The summed E-state index contributed by atoms with van der Waals surface area (Å²) in [6.45, 7) is 5.74. The fourth-order valence-corrected chi connectivity index (χ4v) is 2.52. The number of amides is 1. The van der Waals surface area contributed by atoms with Crippen LogP contribution in [0.1, 0.15) is 31.2 Å². The predicted molar refractivity (Wildman–Crippen MR) is 73.5 cm³/mol. The van der Waals surface area contributed by atoms with E-state index in [2.05, 4.69) is 24.4 Å². The van der Waals surface area contributed by atoms with Gasteiger partial charge in [-0.3, -0.25) is 4.79 Å². The van der Waals surface area contributed by atoms with Crippen molar-refractivity contribution in [2.75, 3.05) is 26.2 Å². The summed E-state index contributed by atoms with van der Waals surface area (Å²) >= 11 is 0. The van der Waals surface area contributed by atoms with Gasteiger partial charge in [-0.25, -0.2) is 0 Å². The van der Waals surface area contributed by atoms with Crippen molar-refractivity contribution in [1.82, 2.24) is 10.2 Å². The molecule has 1 atom stereocenters. The summed E-state index contributed by atoms with van der Waals surface area (Å²) in [5.74, 6) is 0.302. The molecule has 18 heavy (non-hydrogen) atoms. The summed E-state index contributed by atoms with van der Waals surface area (Å²) in [5, 5.41) is 3.33. The van der Waals surface area contributed by atoms with Gasteiger partial charge < -0.3 is 10.2 Å². The molecule has 0 saturated carbocycles. The molecule has 0 radical (unpaired) electrons. The van der Waals surface area contributed by atoms with Crippen LogP contribution < -0.4 is 5.32 Å². The van der Waals surface area contributed by atoms with E-state index >= 15 is 0 Å². The van der Waals surface area contributed by atoms with Crippen molar-refractivity contribution in [2.45, 2.75) is 25.7 Å². The molecule has 1 aromatic rings. The molecule has 1 aliphatic rings. The van der Waals surface area contributed by atoms with Crippen LogP contribution in [0.15, 0.2) is 30.3 Å². The second kappa shape index (κ2) is 6.55. The Hall–Kier alpha value is -1.35. The van der Waals surface area contributed by atoms with E-state index in [9.17, 15) is 4.79 Å². The number of hydrogen-bond acceptors (Lipinski definition) is 2. The lowest BCUT2D eigenvalue weighted by Gasteiger charge is -2.25. The largest absolute Gasteiger partial charge is 0.341 e. The van der Waals surface area contributed by atoms with Gasteiger partial charge in [-0.15, -0.1) is 0 Å². The molecular formula is C15H22N2O. The third-order valence-electron chi connectivity index (χ3n) is 3.56. The van der Waals surface area contributed by atoms with Crippen LogP contribution in [-0.4, -0.2) is 37.0 Å². The highest BCUT2D eigenvalue weighted by Gasteiger charge is 2.24. The number of carbonyl (C=O) groups is 1. The molecule has 3 nitrogen and oxygen atoms in total. The van der Waals surface area contributed by atoms with Crippen molar-refractivity contribution in [1.29, 1.82) is 0 Å². The standard InChI is InChI=1S/C15H22N2O/c1-2-14(13-7-4-3-5-8-13)15(18)17-11-6-9-16-10-12-17/h3-5,7-8,14,16H,2,6,9-12H2,1H3/t14-/m1/s1. The summed E-state index contributed by atoms with van der Waals surface area (Å²) in [7, 11) is 0. The average Bonchev–Trinajstić information content (AvgIpc) is 2.69. The minimum atomic E-state index is 0.0179. The fourth-order valence-electron chi connectivity index (χ4n) is 2.52. The van der Waals surface area contributed by atoms with Crippen molar-refractivity contribution >= 4 is 5.91 Å². The van der Waals surface area contributed by atoms with E-state index in [4.69, 9.17) is 0 Å². The molecular weight excluding hydrogens is 224 g/mol. The molecule has 0 aromatic heterocycles. The van der Waals surface area contributed by atoms with Crippen molar-refractivity contribution < 1.29 is 4.79 Å². The number of benzene rings is 1. The highest BCUT2D eigenvalue weighted by molar-refractivity contribution is 5.83. The molecule has 1 saturated heterocycles. The topological polar surface area (TPSA) is 32.3 Å². The summed E-state index contributed by atoms with van der Waals surface area (Å²) in [6.07, 6.45) is 1.92. The lowest BCUT2D eigenvalue weighted by molar-refractivity contribution is -0.132. The van der Waals surface area contributed by atoms with Crippen molar-refractivity contribution in [3.05, 3.63) is 35.9 Å². The van der Waals surface area contributed by atoms with Crippen LogP contribution in [0.5, 0.6) is 0 Å². The van der Waals surface area contributed by atoms with Crippen LogP contribution in [0.3, 0.4) is 0 Å². The molecule has 98 valence electrons. The Labute approximate surface area is 109 Å². The molecule has 0 unspecified atom stereocenters. The monoisotopic (exact) mass is 246 g/mol. The minimum Gasteiger partial charge on any atom is -0.341 e.